The lowest BCUT2D eigenvalue weighted by Gasteiger charge is -2.55. The maximum atomic E-state index is 12.3. The maximum Gasteiger partial charge on any atom is 0.490 e. The van der Waals surface area contributed by atoms with Crippen molar-refractivity contribution in [2.45, 2.75) is 52.8 Å². The summed E-state index contributed by atoms with van der Waals surface area (Å²) in [5.74, 6) is -1.66. The second-order valence-corrected chi connectivity index (χ2v) is 7.34. The molecule has 0 radical (unpaired) electrons. The molecule has 1 atom stereocenters. The van der Waals surface area contributed by atoms with Gasteiger partial charge in [-0.1, -0.05) is 13.8 Å². The third kappa shape index (κ3) is 5.09. The molecule has 0 aromatic carbocycles. The Morgan fingerprint density at radius 2 is 1.79 bits per heavy atom. The molecule has 2 saturated heterocycles. The lowest BCUT2D eigenvalue weighted by atomic mass is 9.71. The molecule has 8 heteroatoms. The second kappa shape index (κ2) is 7.72. The Labute approximate surface area is 140 Å². The van der Waals surface area contributed by atoms with E-state index >= 15 is 0 Å². The third-order valence-corrected chi connectivity index (χ3v) is 4.33. The maximum absolute atomic E-state index is 12.3. The molecule has 0 saturated carbocycles. The zero-order valence-electron chi connectivity index (χ0n) is 14.7. The van der Waals surface area contributed by atoms with Gasteiger partial charge >= 0.3 is 12.1 Å². The molecule has 0 bridgehead atoms. The van der Waals surface area contributed by atoms with Gasteiger partial charge in [-0.3, -0.25) is 4.79 Å². The van der Waals surface area contributed by atoms with E-state index in [1.54, 1.807) is 0 Å². The average molecular weight is 352 g/mol. The first-order valence-corrected chi connectivity index (χ1v) is 8.22. The van der Waals surface area contributed by atoms with Gasteiger partial charge in [-0.05, 0) is 39.2 Å². The number of hydrogen-bond acceptors (Lipinski definition) is 3. The van der Waals surface area contributed by atoms with Gasteiger partial charge in [0.15, 0.2) is 0 Å². The van der Waals surface area contributed by atoms with E-state index < -0.39 is 12.1 Å². The summed E-state index contributed by atoms with van der Waals surface area (Å²) in [5.41, 5.74) is -0.0165. The number of β-lactam (4-membered cyclic amide) rings is 1. The Balaban J connectivity index is 0.000000351. The van der Waals surface area contributed by atoms with Gasteiger partial charge < -0.3 is 14.9 Å². The number of rotatable bonds is 3. The number of amides is 1. The molecule has 2 fully saturated rings. The van der Waals surface area contributed by atoms with Gasteiger partial charge in [0, 0.05) is 25.7 Å². The molecule has 2 heterocycles. The van der Waals surface area contributed by atoms with Gasteiger partial charge in [0.05, 0.1) is 5.41 Å². The van der Waals surface area contributed by atoms with Crippen molar-refractivity contribution >= 4 is 11.9 Å². The number of alkyl halides is 3. The molecule has 5 nitrogen and oxygen atoms in total. The Kier molecular flexibility index (Phi) is 6.67. The first-order chi connectivity index (χ1) is 10.9. The highest BCUT2D eigenvalue weighted by Crippen LogP contribution is 2.41. The predicted molar refractivity (Wildman–Crippen MR) is 83.5 cm³/mol. The zero-order valence-corrected chi connectivity index (χ0v) is 14.7. The fraction of sp³-hybridized carbons (Fsp3) is 0.875. The van der Waals surface area contributed by atoms with Crippen LogP contribution in [-0.4, -0.2) is 65.2 Å². The van der Waals surface area contributed by atoms with E-state index in [0.717, 1.165) is 26.1 Å². The van der Waals surface area contributed by atoms with E-state index in [1.165, 1.54) is 13.0 Å². The van der Waals surface area contributed by atoms with Gasteiger partial charge in [-0.25, -0.2) is 4.79 Å². The summed E-state index contributed by atoms with van der Waals surface area (Å²) in [7, 11) is 0. The summed E-state index contributed by atoms with van der Waals surface area (Å²) in [6.45, 7) is 13.0. The Morgan fingerprint density at radius 3 is 2.17 bits per heavy atom. The highest BCUT2D eigenvalue weighted by Gasteiger charge is 2.54. The fourth-order valence-electron chi connectivity index (χ4n) is 3.30. The predicted octanol–water partition coefficient (Wildman–Crippen LogP) is 2.61. The first-order valence-electron chi connectivity index (χ1n) is 8.22. The van der Waals surface area contributed by atoms with Gasteiger partial charge in [0.25, 0.3) is 0 Å². The van der Waals surface area contributed by atoms with Crippen LogP contribution >= 0.6 is 0 Å². The Hall–Kier alpha value is -1.31. The molecule has 2 aliphatic rings. The molecule has 0 aromatic heterocycles. The summed E-state index contributed by atoms with van der Waals surface area (Å²) in [6.07, 6.45) is -2.80. The lowest BCUT2D eigenvalue weighted by molar-refractivity contribution is -0.192. The van der Waals surface area contributed by atoms with Crippen LogP contribution in [0.5, 0.6) is 0 Å². The molecular weight excluding hydrogens is 325 g/mol. The third-order valence-electron chi connectivity index (χ3n) is 4.33. The number of aliphatic carboxylic acids is 1. The quantitative estimate of drug-likeness (QED) is 0.793. The smallest absolute Gasteiger partial charge is 0.475 e. The largest absolute Gasteiger partial charge is 0.490 e. The van der Waals surface area contributed by atoms with Gasteiger partial charge in [0.1, 0.15) is 0 Å². The van der Waals surface area contributed by atoms with Crippen LogP contribution in [0.1, 0.15) is 40.5 Å². The van der Waals surface area contributed by atoms with Crippen molar-refractivity contribution < 1.29 is 27.9 Å². The second-order valence-electron chi connectivity index (χ2n) is 7.34. The molecule has 140 valence electrons. The van der Waals surface area contributed by atoms with Crippen LogP contribution in [0.2, 0.25) is 0 Å². The molecule has 1 spiro atoms. The van der Waals surface area contributed by atoms with Gasteiger partial charge in [-0.2, -0.15) is 13.2 Å². The summed E-state index contributed by atoms with van der Waals surface area (Å²) in [6, 6.07) is 0.369. The summed E-state index contributed by atoms with van der Waals surface area (Å²) < 4.78 is 31.7. The van der Waals surface area contributed by atoms with E-state index in [4.69, 9.17) is 9.90 Å². The fourth-order valence-corrected chi connectivity index (χ4v) is 3.30. The zero-order chi connectivity index (χ0) is 18.7. The Bertz CT molecular complexity index is 466. The molecule has 1 N–H and O–H groups in total. The van der Waals surface area contributed by atoms with Crippen molar-refractivity contribution in [3.05, 3.63) is 0 Å². The van der Waals surface area contributed by atoms with Crippen LogP contribution in [0.4, 0.5) is 13.2 Å². The van der Waals surface area contributed by atoms with Gasteiger partial charge in [-0.15, -0.1) is 0 Å². The summed E-state index contributed by atoms with van der Waals surface area (Å²) >= 11 is 0. The van der Waals surface area contributed by atoms with E-state index in [0.29, 0.717) is 17.9 Å². The van der Waals surface area contributed by atoms with Crippen LogP contribution in [0.3, 0.4) is 0 Å². The number of carbonyl (C=O) groups is 2. The van der Waals surface area contributed by atoms with Crippen LogP contribution in [0.25, 0.3) is 0 Å². The molecule has 2 rings (SSSR count). The van der Waals surface area contributed by atoms with Crippen LogP contribution in [-0.2, 0) is 9.59 Å². The summed E-state index contributed by atoms with van der Waals surface area (Å²) in [4.78, 5) is 25.7. The van der Waals surface area contributed by atoms with Crippen molar-refractivity contribution in [3.63, 3.8) is 0 Å². The average Bonchev–Trinajstić information content (AvgIpc) is 2.43. The molecule has 2 aliphatic heterocycles. The highest BCUT2D eigenvalue weighted by molar-refractivity contribution is 5.89. The van der Waals surface area contributed by atoms with E-state index in [2.05, 4.69) is 32.6 Å². The number of carbonyl (C=O) groups excluding carboxylic acids is 1. The highest BCUT2D eigenvalue weighted by atomic mass is 19.4. The molecule has 1 amide bonds. The van der Waals surface area contributed by atoms with E-state index in [9.17, 15) is 18.0 Å². The number of carboxylic acids is 1. The van der Waals surface area contributed by atoms with Crippen molar-refractivity contribution in [1.29, 1.82) is 0 Å². The van der Waals surface area contributed by atoms with Crippen LogP contribution < -0.4 is 0 Å². The van der Waals surface area contributed by atoms with E-state index in [1.807, 2.05) is 4.90 Å². The topological polar surface area (TPSA) is 60.9 Å². The van der Waals surface area contributed by atoms with Crippen molar-refractivity contribution in [2.24, 2.45) is 11.3 Å². The normalized spacial score (nSPS) is 24.9. The molecule has 0 aromatic rings. The summed E-state index contributed by atoms with van der Waals surface area (Å²) in [5, 5.41) is 7.12. The van der Waals surface area contributed by atoms with E-state index in [-0.39, 0.29) is 5.41 Å². The number of hydrogen-bond donors (Lipinski definition) is 1. The molecule has 0 aliphatic carbocycles. The number of halogens is 3. The molecule has 24 heavy (non-hydrogen) atoms. The minimum absolute atomic E-state index is 0.0165. The number of piperidine rings is 1. The van der Waals surface area contributed by atoms with Crippen LogP contribution in [0, 0.1) is 11.3 Å². The van der Waals surface area contributed by atoms with Crippen molar-refractivity contribution in [3.8, 4) is 0 Å². The minimum Gasteiger partial charge on any atom is -0.475 e. The van der Waals surface area contributed by atoms with Crippen molar-refractivity contribution in [1.82, 2.24) is 9.80 Å². The number of carboxylic acid groups (broad SMARTS) is 1. The SMILES string of the molecule is CC(C)CN1CCCC2(C1)CN(C(C)C)C2=O.O=C(O)C(F)(F)F. The first kappa shape index (κ1) is 20.7. The lowest BCUT2D eigenvalue weighted by Crippen LogP contribution is -2.68. The van der Waals surface area contributed by atoms with Crippen LogP contribution in [0.15, 0.2) is 0 Å². The molecule has 1 unspecified atom stereocenters. The Morgan fingerprint density at radius 1 is 1.25 bits per heavy atom. The standard InChI is InChI=1S/C14H26N2O.C2HF3O2/c1-11(2)8-15-7-5-6-14(9-15)10-16(12(3)4)13(14)17;3-2(4,5)1(6)7/h11-12H,5-10H2,1-4H3;(H,6,7). The number of nitrogens with zero attached hydrogens (tertiary/aromatic N) is 2. The minimum atomic E-state index is -5.08. The van der Waals surface area contributed by atoms with Gasteiger partial charge in [0.2, 0.25) is 5.91 Å². The monoisotopic (exact) mass is 352 g/mol. The van der Waals surface area contributed by atoms with Crippen molar-refractivity contribution in [2.75, 3.05) is 26.2 Å². The number of likely N-dealkylation sites (tertiary alicyclic amines) is 2. The molecular formula is C16H27F3N2O3.